The summed E-state index contributed by atoms with van der Waals surface area (Å²) in [6.07, 6.45) is 7.60. The topological polar surface area (TPSA) is 95.2 Å². The minimum atomic E-state index is -0.225. The van der Waals surface area contributed by atoms with Crippen molar-refractivity contribution in [2.24, 2.45) is 0 Å². The predicted octanol–water partition coefficient (Wildman–Crippen LogP) is 1.46. The molecule has 22 heavy (non-hydrogen) atoms. The number of nitriles is 1. The summed E-state index contributed by atoms with van der Waals surface area (Å²) in [5, 5.41) is 17.7. The quantitative estimate of drug-likeness (QED) is 0.763. The standard InChI is InChI=1S/C14H13N7.ClH/c15-3-2-14(7-16-8-14)21-6-10(5-20-21)12-11-1-4-17-13(11)19-9-18-12;/h1,4-6,9,16H,2,7-8H2,(H,17,18,19);1H. The van der Waals surface area contributed by atoms with Crippen LogP contribution in [0.15, 0.2) is 31.0 Å². The molecular formula is C14H14ClN7. The maximum Gasteiger partial charge on any atom is 0.141 e. The van der Waals surface area contributed by atoms with Gasteiger partial charge in [-0.15, -0.1) is 12.4 Å². The lowest BCUT2D eigenvalue weighted by Gasteiger charge is -2.41. The van der Waals surface area contributed by atoms with Crippen molar-refractivity contribution in [2.45, 2.75) is 12.0 Å². The molecule has 112 valence electrons. The molecule has 4 rings (SSSR count). The van der Waals surface area contributed by atoms with E-state index in [1.54, 1.807) is 12.5 Å². The minimum absolute atomic E-state index is 0. The zero-order chi connectivity index (χ0) is 14.3. The lowest BCUT2D eigenvalue weighted by molar-refractivity contribution is 0.160. The van der Waals surface area contributed by atoms with E-state index < -0.39 is 0 Å². The van der Waals surface area contributed by atoms with Gasteiger partial charge >= 0.3 is 0 Å². The summed E-state index contributed by atoms with van der Waals surface area (Å²) in [7, 11) is 0. The fraction of sp³-hybridized carbons (Fsp3) is 0.286. The second-order valence-electron chi connectivity index (χ2n) is 5.30. The largest absolute Gasteiger partial charge is 0.346 e. The molecule has 3 aromatic heterocycles. The number of aromatic nitrogens is 5. The zero-order valence-electron chi connectivity index (χ0n) is 11.7. The Morgan fingerprint density at radius 2 is 2.23 bits per heavy atom. The summed E-state index contributed by atoms with van der Waals surface area (Å²) < 4.78 is 1.89. The average Bonchev–Trinajstić information content (AvgIpc) is 3.11. The molecule has 0 aromatic carbocycles. The van der Waals surface area contributed by atoms with Crippen LogP contribution in [-0.4, -0.2) is 37.8 Å². The molecule has 7 nitrogen and oxygen atoms in total. The van der Waals surface area contributed by atoms with Crippen molar-refractivity contribution >= 4 is 23.4 Å². The number of hydrogen-bond donors (Lipinski definition) is 2. The number of nitrogens with zero attached hydrogens (tertiary/aromatic N) is 5. The van der Waals surface area contributed by atoms with E-state index in [1.807, 2.05) is 23.1 Å². The van der Waals surface area contributed by atoms with Crippen molar-refractivity contribution in [3.05, 3.63) is 31.0 Å². The monoisotopic (exact) mass is 315 g/mol. The van der Waals surface area contributed by atoms with Crippen LogP contribution in [-0.2, 0) is 5.54 Å². The SMILES string of the molecule is Cl.N#CCC1(n2cc(-c3ncnc4[nH]ccc34)cn2)CNC1. The molecule has 1 saturated heterocycles. The summed E-state index contributed by atoms with van der Waals surface area (Å²) in [5.74, 6) is 0. The number of H-pyrrole nitrogens is 1. The third kappa shape index (κ3) is 2.04. The number of rotatable bonds is 3. The van der Waals surface area contributed by atoms with Crippen molar-refractivity contribution in [1.82, 2.24) is 30.0 Å². The van der Waals surface area contributed by atoms with Crippen LogP contribution in [0.25, 0.3) is 22.3 Å². The van der Waals surface area contributed by atoms with Gasteiger partial charge in [0, 0.05) is 36.4 Å². The number of halogens is 1. The molecule has 0 aliphatic carbocycles. The first-order valence-corrected chi connectivity index (χ1v) is 6.74. The van der Waals surface area contributed by atoms with E-state index in [0.29, 0.717) is 6.42 Å². The van der Waals surface area contributed by atoms with Gasteiger partial charge in [0.25, 0.3) is 0 Å². The van der Waals surface area contributed by atoms with E-state index in [2.05, 4.69) is 31.4 Å². The van der Waals surface area contributed by atoms with Gasteiger partial charge in [-0.05, 0) is 6.07 Å². The molecule has 4 heterocycles. The Hall–Kier alpha value is -2.43. The normalized spacial score (nSPS) is 15.8. The maximum absolute atomic E-state index is 9.02. The molecule has 0 radical (unpaired) electrons. The van der Waals surface area contributed by atoms with Crippen LogP contribution in [0.3, 0.4) is 0 Å². The third-order valence-corrected chi connectivity index (χ3v) is 4.01. The molecule has 0 unspecified atom stereocenters. The van der Waals surface area contributed by atoms with Gasteiger partial charge in [-0.2, -0.15) is 10.4 Å². The summed E-state index contributed by atoms with van der Waals surface area (Å²) in [6.45, 7) is 1.54. The highest BCUT2D eigenvalue weighted by molar-refractivity contribution is 5.90. The van der Waals surface area contributed by atoms with Crippen LogP contribution in [0.4, 0.5) is 0 Å². The number of aromatic amines is 1. The maximum atomic E-state index is 9.02. The van der Waals surface area contributed by atoms with Crippen LogP contribution in [0.5, 0.6) is 0 Å². The van der Waals surface area contributed by atoms with Crippen LogP contribution in [0.2, 0.25) is 0 Å². The zero-order valence-corrected chi connectivity index (χ0v) is 12.5. The van der Waals surface area contributed by atoms with Gasteiger partial charge in [-0.1, -0.05) is 0 Å². The van der Waals surface area contributed by atoms with Crippen LogP contribution < -0.4 is 5.32 Å². The van der Waals surface area contributed by atoms with E-state index in [-0.39, 0.29) is 17.9 Å². The van der Waals surface area contributed by atoms with Gasteiger partial charge in [0.1, 0.15) is 17.5 Å². The fourth-order valence-electron chi connectivity index (χ4n) is 2.74. The van der Waals surface area contributed by atoms with Gasteiger partial charge in [0.15, 0.2) is 0 Å². The summed E-state index contributed by atoms with van der Waals surface area (Å²) in [5.41, 5.74) is 2.38. The van der Waals surface area contributed by atoms with E-state index in [4.69, 9.17) is 5.26 Å². The van der Waals surface area contributed by atoms with Crippen molar-refractivity contribution in [1.29, 1.82) is 5.26 Å². The Bertz CT molecular complexity index is 840. The first-order valence-electron chi connectivity index (χ1n) is 6.74. The van der Waals surface area contributed by atoms with Crippen molar-refractivity contribution in [3.63, 3.8) is 0 Å². The molecule has 0 saturated carbocycles. The summed E-state index contributed by atoms with van der Waals surface area (Å²) in [4.78, 5) is 11.6. The highest BCUT2D eigenvalue weighted by Crippen LogP contribution is 2.29. The first kappa shape index (κ1) is 14.5. The molecular weight excluding hydrogens is 302 g/mol. The number of fused-ring (bicyclic) bond motifs is 1. The Kier molecular flexibility index (Phi) is 3.56. The lowest BCUT2D eigenvalue weighted by atomic mass is 9.89. The minimum Gasteiger partial charge on any atom is -0.346 e. The number of nitrogens with one attached hydrogen (secondary N) is 2. The molecule has 8 heteroatoms. The van der Waals surface area contributed by atoms with Crippen molar-refractivity contribution < 1.29 is 0 Å². The van der Waals surface area contributed by atoms with Crippen LogP contribution in [0, 0.1) is 11.3 Å². The Balaban J connectivity index is 0.00000144. The van der Waals surface area contributed by atoms with Gasteiger partial charge in [0.2, 0.25) is 0 Å². The lowest BCUT2D eigenvalue weighted by Crippen LogP contribution is -2.60. The Morgan fingerprint density at radius 1 is 1.36 bits per heavy atom. The van der Waals surface area contributed by atoms with E-state index >= 15 is 0 Å². The average molecular weight is 316 g/mol. The highest BCUT2D eigenvalue weighted by Gasteiger charge is 2.39. The Labute approximate surface area is 132 Å². The second-order valence-corrected chi connectivity index (χ2v) is 5.30. The van der Waals surface area contributed by atoms with Gasteiger partial charge < -0.3 is 10.3 Å². The van der Waals surface area contributed by atoms with E-state index in [1.165, 1.54) is 0 Å². The van der Waals surface area contributed by atoms with Crippen molar-refractivity contribution in [3.8, 4) is 17.3 Å². The molecule has 0 bridgehead atoms. The van der Waals surface area contributed by atoms with Gasteiger partial charge in [-0.3, -0.25) is 4.68 Å². The summed E-state index contributed by atoms with van der Waals surface area (Å²) in [6, 6.07) is 4.21. The van der Waals surface area contributed by atoms with Gasteiger partial charge in [0.05, 0.1) is 24.4 Å². The molecule has 1 fully saturated rings. The summed E-state index contributed by atoms with van der Waals surface area (Å²) >= 11 is 0. The Morgan fingerprint density at radius 3 is 2.95 bits per heavy atom. The first-order chi connectivity index (χ1) is 10.3. The van der Waals surface area contributed by atoms with Crippen molar-refractivity contribution in [2.75, 3.05) is 13.1 Å². The smallest absolute Gasteiger partial charge is 0.141 e. The molecule has 0 atom stereocenters. The number of hydrogen-bond acceptors (Lipinski definition) is 5. The fourth-order valence-corrected chi connectivity index (χ4v) is 2.74. The van der Waals surface area contributed by atoms with Crippen LogP contribution >= 0.6 is 12.4 Å². The second kappa shape index (κ2) is 5.40. The van der Waals surface area contributed by atoms with Gasteiger partial charge in [-0.25, -0.2) is 9.97 Å². The predicted molar refractivity (Wildman–Crippen MR) is 83.4 cm³/mol. The van der Waals surface area contributed by atoms with E-state index in [0.717, 1.165) is 35.4 Å². The molecule has 0 spiro atoms. The van der Waals surface area contributed by atoms with Crippen LogP contribution in [0.1, 0.15) is 6.42 Å². The molecule has 1 aliphatic rings. The van der Waals surface area contributed by atoms with E-state index in [9.17, 15) is 0 Å². The molecule has 0 amide bonds. The third-order valence-electron chi connectivity index (χ3n) is 4.01. The molecule has 1 aliphatic heterocycles. The molecule has 2 N–H and O–H groups in total. The molecule has 3 aromatic rings. The highest BCUT2D eigenvalue weighted by atomic mass is 35.5.